The van der Waals surface area contributed by atoms with E-state index in [4.69, 9.17) is 0 Å². The van der Waals surface area contributed by atoms with Gasteiger partial charge >= 0.3 is 0 Å². The Hall–Kier alpha value is -1.24. The van der Waals surface area contributed by atoms with Crippen LogP contribution in [-0.2, 0) is 0 Å². The van der Waals surface area contributed by atoms with E-state index in [0.29, 0.717) is 5.92 Å². The van der Waals surface area contributed by atoms with Crippen LogP contribution in [0.25, 0.3) is 11.9 Å². The molecule has 1 aliphatic rings. The SMILES string of the molecule is CCCCCCCCC(C)C1=c2ccccc2=C[N]1. The van der Waals surface area contributed by atoms with Crippen LogP contribution in [0.1, 0.15) is 58.8 Å². The second kappa shape index (κ2) is 7.37. The maximum absolute atomic E-state index is 4.62. The van der Waals surface area contributed by atoms with Gasteiger partial charge in [0, 0.05) is 16.6 Å². The fourth-order valence-electron chi connectivity index (χ4n) is 2.81. The summed E-state index contributed by atoms with van der Waals surface area (Å²) in [5, 5.41) is 7.26. The monoisotopic (exact) mass is 256 g/mol. The molecule has 0 spiro atoms. The summed E-state index contributed by atoms with van der Waals surface area (Å²) in [6.45, 7) is 4.59. The number of hydrogen-bond donors (Lipinski definition) is 0. The Morgan fingerprint density at radius 2 is 1.74 bits per heavy atom. The molecule has 1 aromatic carbocycles. The van der Waals surface area contributed by atoms with Crippen molar-refractivity contribution in [2.45, 2.75) is 58.8 Å². The Kier molecular flexibility index (Phi) is 5.50. The van der Waals surface area contributed by atoms with Gasteiger partial charge < -0.3 is 0 Å². The minimum Gasteiger partial charge on any atom is -0.260 e. The van der Waals surface area contributed by atoms with E-state index in [1.807, 2.05) is 6.20 Å². The third-order valence-corrected chi connectivity index (χ3v) is 4.04. The van der Waals surface area contributed by atoms with Crippen molar-refractivity contribution in [1.82, 2.24) is 5.32 Å². The number of unbranched alkanes of at least 4 members (excludes halogenated alkanes) is 5. The van der Waals surface area contributed by atoms with Crippen molar-refractivity contribution in [2.24, 2.45) is 5.92 Å². The zero-order valence-corrected chi connectivity index (χ0v) is 12.4. The summed E-state index contributed by atoms with van der Waals surface area (Å²) in [6.07, 6.45) is 11.5. The normalized spacial score (nSPS) is 14.7. The molecule has 1 atom stereocenters. The first-order valence-corrected chi connectivity index (χ1v) is 7.83. The highest BCUT2D eigenvalue weighted by Gasteiger charge is 2.13. The van der Waals surface area contributed by atoms with Gasteiger partial charge in [0.1, 0.15) is 0 Å². The Morgan fingerprint density at radius 1 is 1.00 bits per heavy atom. The largest absolute Gasteiger partial charge is 0.260 e. The summed E-state index contributed by atoms with van der Waals surface area (Å²) in [5.74, 6) is 0.589. The number of hydrogen-bond acceptors (Lipinski definition) is 0. The van der Waals surface area contributed by atoms with Gasteiger partial charge in [0.05, 0.1) is 5.70 Å². The van der Waals surface area contributed by atoms with Crippen LogP contribution in [0.2, 0.25) is 0 Å². The van der Waals surface area contributed by atoms with E-state index < -0.39 is 0 Å². The Morgan fingerprint density at radius 3 is 2.58 bits per heavy atom. The van der Waals surface area contributed by atoms with Gasteiger partial charge in [-0.3, -0.25) is 5.32 Å². The van der Waals surface area contributed by atoms with Crippen molar-refractivity contribution < 1.29 is 0 Å². The quantitative estimate of drug-likeness (QED) is 0.632. The van der Waals surface area contributed by atoms with Gasteiger partial charge in [0.15, 0.2) is 0 Å². The first-order valence-electron chi connectivity index (χ1n) is 7.83. The highest BCUT2D eigenvalue weighted by Crippen LogP contribution is 2.18. The van der Waals surface area contributed by atoms with E-state index in [0.717, 1.165) is 0 Å². The summed E-state index contributed by atoms with van der Waals surface area (Å²) in [6, 6.07) is 8.57. The van der Waals surface area contributed by atoms with Crippen LogP contribution in [-0.4, -0.2) is 0 Å². The lowest BCUT2D eigenvalue weighted by Gasteiger charge is -2.12. The van der Waals surface area contributed by atoms with E-state index in [2.05, 4.69) is 43.4 Å². The summed E-state index contributed by atoms with van der Waals surface area (Å²) in [7, 11) is 0. The van der Waals surface area contributed by atoms with E-state index in [1.54, 1.807) is 0 Å². The highest BCUT2D eigenvalue weighted by atomic mass is 14.9. The van der Waals surface area contributed by atoms with Crippen LogP contribution in [0.3, 0.4) is 0 Å². The Balaban J connectivity index is 1.82. The number of benzene rings is 1. The van der Waals surface area contributed by atoms with Crippen molar-refractivity contribution in [2.75, 3.05) is 0 Å². The number of fused-ring (bicyclic) bond motifs is 1. The third kappa shape index (κ3) is 3.86. The van der Waals surface area contributed by atoms with Crippen LogP contribution in [0, 0.1) is 5.92 Å². The van der Waals surface area contributed by atoms with Gasteiger partial charge in [0.25, 0.3) is 0 Å². The van der Waals surface area contributed by atoms with Crippen molar-refractivity contribution in [3.63, 3.8) is 0 Å². The zero-order chi connectivity index (χ0) is 13.5. The van der Waals surface area contributed by atoms with Crippen molar-refractivity contribution in [3.05, 3.63) is 34.7 Å². The molecule has 1 unspecified atom stereocenters. The van der Waals surface area contributed by atoms with E-state index in [1.165, 1.54) is 61.1 Å². The summed E-state index contributed by atoms with van der Waals surface area (Å²) < 4.78 is 0. The van der Waals surface area contributed by atoms with Crippen LogP contribution < -0.4 is 15.8 Å². The third-order valence-electron chi connectivity index (χ3n) is 4.04. The predicted molar refractivity (Wildman–Crippen MR) is 82.9 cm³/mol. The zero-order valence-electron chi connectivity index (χ0n) is 12.4. The molecular formula is C18H26N. The second-order valence-corrected chi connectivity index (χ2v) is 5.69. The van der Waals surface area contributed by atoms with Gasteiger partial charge in [-0.25, -0.2) is 0 Å². The molecule has 0 amide bonds. The van der Waals surface area contributed by atoms with Gasteiger partial charge in [-0.15, -0.1) is 0 Å². The molecule has 1 radical (unpaired) electrons. The van der Waals surface area contributed by atoms with Gasteiger partial charge in [0.2, 0.25) is 0 Å². The van der Waals surface area contributed by atoms with Crippen LogP contribution >= 0.6 is 0 Å². The molecule has 0 saturated carbocycles. The summed E-state index contributed by atoms with van der Waals surface area (Å²) >= 11 is 0. The molecule has 1 nitrogen and oxygen atoms in total. The summed E-state index contributed by atoms with van der Waals surface area (Å²) in [5.41, 5.74) is 1.30. The molecule has 0 fully saturated rings. The lowest BCUT2D eigenvalue weighted by Crippen LogP contribution is -2.24. The van der Waals surface area contributed by atoms with Crippen molar-refractivity contribution in [1.29, 1.82) is 0 Å². The molecule has 1 aliphatic heterocycles. The molecule has 1 heteroatoms. The molecule has 1 aromatic rings. The first kappa shape index (κ1) is 14.2. The van der Waals surface area contributed by atoms with Gasteiger partial charge in [-0.05, 0) is 12.3 Å². The highest BCUT2D eigenvalue weighted by molar-refractivity contribution is 5.56. The molecule has 1 heterocycles. The molecule has 0 aliphatic carbocycles. The van der Waals surface area contributed by atoms with Crippen LogP contribution in [0.5, 0.6) is 0 Å². The topological polar surface area (TPSA) is 14.1 Å². The van der Waals surface area contributed by atoms with E-state index in [9.17, 15) is 0 Å². The second-order valence-electron chi connectivity index (χ2n) is 5.69. The predicted octanol–water partition coefficient (Wildman–Crippen LogP) is 3.54. The number of nitrogens with zero attached hydrogens (tertiary/aromatic N) is 1. The molecule has 0 aromatic heterocycles. The molecule has 0 bridgehead atoms. The average Bonchev–Trinajstić information content (AvgIpc) is 2.86. The standard InChI is InChI=1S/C18H26N/c1-3-4-5-6-7-8-11-15(2)18-17-13-10-9-12-16(17)14-19-18/h9-10,12-15H,3-8,11H2,1-2H3. The molecule has 103 valence electrons. The molecule has 0 saturated heterocycles. The molecular weight excluding hydrogens is 230 g/mol. The first-order chi connectivity index (χ1) is 9.33. The molecule has 2 rings (SSSR count). The fraction of sp³-hybridized carbons (Fsp3) is 0.556. The van der Waals surface area contributed by atoms with E-state index in [-0.39, 0.29) is 0 Å². The molecule has 19 heavy (non-hydrogen) atoms. The van der Waals surface area contributed by atoms with Crippen LogP contribution in [0.4, 0.5) is 0 Å². The lowest BCUT2D eigenvalue weighted by atomic mass is 9.98. The maximum Gasteiger partial charge on any atom is 0.0510 e. The Labute approximate surface area is 117 Å². The van der Waals surface area contributed by atoms with Gasteiger partial charge in [-0.1, -0.05) is 76.6 Å². The van der Waals surface area contributed by atoms with Crippen molar-refractivity contribution in [3.8, 4) is 0 Å². The number of rotatable bonds is 8. The average molecular weight is 256 g/mol. The molecule has 0 N–H and O–H groups in total. The lowest BCUT2D eigenvalue weighted by molar-refractivity contribution is 0.543. The summed E-state index contributed by atoms with van der Waals surface area (Å²) in [4.78, 5) is 0. The van der Waals surface area contributed by atoms with E-state index >= 15 is 0 Å². The van der Waals surface area contributed by atoms with Crippen LogP contribution in [0.15, 0.2) is 24.3 Å². The smallest absolute Gasteiger partial charge is 0.0510 e. The van der Waals surface area contributed by atoms with Crippen molar-refractivity contribution >= 4 is 11.9 Å². The van der Waals surface area contributed by atoms with Gasteiger partial charge in [-0.2, -0.15) is 0 Å². The minimum atomic E-state index is 0.589. The maximum atomic E-state index is 4.62. The Bertz CT molecular complexity index is 501. The minimum absolute atomic E-state index is 0.589. The fourth-order valence-corrected chi connectivity index (χ4v) is 2.81.